The maximum absolute atomic E-state index is 14.2. The molecule has 0 spiro atoms. The predicted molar refractivity (Wildman–Crippen MR) is 154 cm³/mol. The third-order valence-electron chi connectivity index (χ3n) is 7.38. The van der Waals surface area contributed by atoms with Crippen LogP contribution in [-0.4, -0.2) is 30.1 Å². The smallest absolute Gasteiger partial charge is 0.338 e. The van der Waals surface area contributed by atoms with Crippen molar-refractivity contribution in [1.29, 1.82) is 0 Å². The average molecular weight is 544 g/mol. The monoisotopic (exact) mass is 543 g/mol. The second-order valence-electron chi connectivity index (χ2n) is 11.0. The number of carbonyl (C=O) groups is 2. The first-order valence-electron chi connectivity index (χ1n) is 13.2. The third kappa shape index (κ3) is 4.46. The zero-order valence-electron chi connectivity index (χ0n) is 23.2. The van der Waals surface area contributed by atoms with Gasteiger partial charge < -0.3 is 9.64 Å². The lowest BCUT2D eigenvalue weighted by Gasteiger charge is -2.25. The zero-order chi connectivity index (χ0) is 28.1. The van der Waals surface area contributed by atoms with Gasteiger partial charge in [0.15, 0.2) is 4.80 Å². The Morgan fingerprint density at radius 3 is 2.41 bits per heavy atom. The summed E-state index contributed by atoms with van der Waals surface area (Å²) in [5.74, 6) is -0.711. The van der Waals surface area contributed by atoms with Crippen molar-refractivity contribution in [2.75, 3.05) is 18.6 Å². The molecule has 0 saturated heterocycles. The lowest BCUT2D eigenvalue weighted by Crippen LogP contribution is -2.41. The molecule has 7 nitrogen and oxygen atoms in total. The SMILES string of the molecule is CCCCN1C(=O)C(=c2sc3n(c2=O)C(c2ccc(C(C)(C)C)cc2)C(C(=O)OC)=C(C)N=3)c2ccccc21. The molecule has 1 atom stereocenters. The highest BCUT2D eigenvalue weighted by Crippen LogP contribution is 2.36. The molecule has 0 aliphatic carbocycles. The topological polar surface area (TPSA) is 81.0 Å². The van der Waals surface area contributed by atoms with E-state index in [1.54, 1.807) is 16.4 Å². The number of ether oxygens (including phenoxy) is 1. The number of thiazole rings is 1. The van der Waals surface area contributed by atoms with Gasteiger partial charge in [0.25, 0.3) is 11.5 Å². The summed E-state index contributed by atoms with van der Waals surface area (Å²) in [4.78, 5) is 47.8. The largest absolute Gasteiger partial charge is 0.466 e. The van der Waals surface area contributed by atoms with E-state index in [9.17, 15) is 14.4 Å². The summed E-state index contributed by atoms with van der Waals surface area (Å²) in [6, 6.07) is 14.8. The van der Waals surface area contributed by atoms with Gasteiger partial charge in [0.05, 0.1) is 35.7 Å². The number of para-hydroxylation sites is 1. The van der Waals surface area contributed by atoms with Gasteiger partial charge in [-0.2, -0.15) is 0 Å². The summed E-state index contributed by atoms with van der Waals surface area (Å²) >= 11 is 1.20. The Hall–Kier alpha value is -3.78. The lowest BCUT2D eigenvalue weighted by atomic mass is 9.85. The number of methoxy groups -OCH3 is 1. The van der Waals surface area contributed by atoms with Gasteiger partial charge in [-0.05, 0) is 36.0 Å². The van der Waals surface area contributed by atoms with E-state index < -0.39 is 12.0 Å². The molecule has 0 bridgehead atoms. The number of anilines is 1. The number of hydrogen-bond acceptors (Lipinski definition) is 6. The molecule has 1 aromatic heterocycles. The van der Waals surface area contributed by atoms with Crippen LogP contribution in [0.5, 0.6) is 0 Å². The highest BCUT2D eigenvalue weighted by atomic mass is 32.1. The molecule has 5 rings (SSSR count). The van der Waals surface area contributed by atoms with Crippen molar-refractivity contribution in [3.8, 4) is 0 Å². The zero-order valence-corrected chi connectivity index (χ0v) is 24.0. The Morgan fingerprint density at radius 2 is 1.77 bits per heavy atom. The van der Waals surface area contributed by atoms with E-state index in [1.165, 1.54) is 18.4 Å². The van der Waals surface area contributed by atoms with Gasteiger partial charge in [0, 0.05) is 12.1 Å². The molecule has 202 valence electrons. The Bertz CT molecular complexity index is 1690. The molecule has 3 aromatic rings. The van der Waals surface area contributed by atoms with Crippen LogP contribution in [-0.2, 0) is 19.7 Å². The summed E-state index contributed by atoms with van der Waals surface area (Å²) in [6.07, 6.45) is 1.81. The van der Waals surface area contributed by atoms with E-state index in [0.29, 0.717) is 32.7 Å². The van der Waals surface area contributed by atoms with Gasteiger partial charge in [0.2, 0.25) is 0 Å². The van der Waals surface area contributed by atoms with Crippen LogP contribution in [0.1, 0.15) is 70.2 Å². The van der Waals surface area contributed by atoms with Gasteiger partial charge in [-0.25, -0.2) is 9.79 Å². The quantitative estimate of drug-likeness (QED) is 0.452. The van der Waals surface area contributed by atoms with Crippen LogP contribution in [0.2, 0.25) is 0 Å². The average Bonchev–Trinajstić information content (AvgIpc) is 3.37. The predicted octanol–water partition coefficient (Wildman–Crippen LogP) is 4.22. The number of aromatic nitrogens is 1. The van der Waals surface area contributed by atoms with Crippen molar-refractivity contribution in [3.63, 3.8) is 0 Å². The fraction of sp³-hybridized carbons (Fsp3) is 0.355. The first kappa shape index (κ1) is 26.8. The molecule has 2 aromatic carbocycles. The number of allylic oxidation sites excluding steroid dienone is 1. The number of carbonyl (C=O) groups excluding carboxylic acids is 2. The van der Waals surface area contributed by atoms with Crippen molar-refractivity contribution >= 4 is 34.5 Å². The number of amides is 1. The van der Waals surface area contributed by atoms with Crippen molar-refractivity contribution in [1.82, 2.24) is 4.57 Å². The number of hydrogen-bond donors (Lipinski definition) is 0. The highest BCUT2D eigenvalue weighted by molar-refractivity contribution is 7.07. The van der Waals surface area contributed by atoms with Crippen molar-refractivity contribution in [3.05, 3.63) is 96.2 Å². The Kier molecular flexibility index (Phi) is 6.93. The van der Waals surface area contributed by atoms with Gasteiger partial charge >= 0.3 is 5.97 Å². The molecule has 2 aliphatic rings. The van der Waals surface area contributed by atoms with E-state index in [1.807, 2.05) is 48.5 Å². The summed E-state index contributed by atoms with van der Waals surface area (Å²) in [5, 5.41) is 0. The minimum absolute atomic E-state index is 0.0502. The number of fused-ring (bicyclic) bond motifs is 2. The van der Waals surface area contributed by atoms with Crippen molar-refractivity contribution < 1.29 is 14.3 Å². The molecule has 8 heteroatoms. The van der Waals surface area contributed by atoms with E-state index in [0.717, 1.165) is 35.2 Å². The van der Waals surface area contributed by atoms with Gasteiger partial charge in [0.1, 0.15) is 4.53 Å². The van der Waals surface area contributed by atoms with E-state index in [2.05, 4.69) is 32.7 Å². The van der Waals surface area contributed by atoms with E-state index >= 15 is 0 Å². The van der Waals surface area contributed by atoms with Crippen LogP contribution >= 0.6 is 11.3 Å². The van der Waals surface area contributed by atoms with Crippen molar-refractivity contribution in [2.24, 2.45) is 4.99 Å². The minimum Gasteiger partial charge on any atom is -0.466 e. The van der Waals surface area contributed by atoms with Crippen LogP contribution in [0.3, 0.4) is 0 Å². The van der Waals surface area contributed by atoms with Crippen LogP contribution < -0.4 is 19.8 Å². The standard InChI is InChI=1S/C31H33N3O4S/c1-7-8-17-33-22-12-10-9-11-21(22)24(27(33)35)26-28(36)34-25(19-13-15-20(16-14-19)31(3,4)5)23(29(37)38-6)18(2)32-30(34)39-26/h9-16,25H,7-8,17H2,1-6H3. The minimum atomic E-state index is -0.722. The maximum atomic E-state index is 14.2. The normalized spacial score (nSPS) is 18.2. The fourth-order valence-corrected chi connectivity index (χ4v) is 6.40. The number of esters is 1. The van der Waals surface area contributed by atoms with Crippen LogP contribution in [0, 0.1) is 0 Å². The first-order valence-corrected chi connectivity index (χ1v) is 14.0. The van der Waals surface area contributed by atoms with Gasteiger partial charge in [-0.1, -0.05) is 87.9 Å². The van der Waals surface area contributed by atoms with E-state index in [-0.39, 0.29) is 16.9 Å². The fourth-order valence-electron chi connectivity index (χ4n) is 5.26. The number of unbranched alkanes of at least 4 members (excludes halogenated alkanes) is 1. The van der Waals surface area contributed by atoms with Crippen LogP contribution in [0.25, 0.3) is 5.57 Å². The molecule has 1 amide bonds. The molecule has 3 heterocycles. The first-order chi connectivity index (χ1) is 18.6. The van der Waals surface area contributed by atoms with Crippen LogP contribution in [0.15, 0.2) is 69.6 Å². The highest BCUT2D eigenvalue weighted by Gasteiger charge is 2.37. The van der Waals surface area contributed by atoms with E-state index in [4.69, 9.17) is 4.74 Å². The Labute approximate surface area is 231 Å². The van der Waals surface area contributed by atoms with Crippen LogP contribution in [0.4, 0.5) is 5.69 Å². The Balaban J connectivity index is 1.77. The summed E-state index contributed by atoms with van der Waals surface area (Å²) in [7, 11) is 1.33. The molecular formula is C31H33N3O4S. The lowest BCUT2D eigenvalue weighted by molar-refractivity contribution is -0.136. The molecule has 0 fully saturated rings. The molecule has 1 unspecified atom stereocenters. The molecule has 0 N–H and O–H groups in total. The molecule has 2 aliphatic heterocycles. The second kappa shape index (κ2) is 10.1. The number of nitrogens with zero attached hydrogens (tertiary/aromatic N) is 3. The summed E-state index contributed by atoms with van der Waals surface area (Å²) < 4.78 is 7.01. The summed E-state index contributed by atoms with van der Waals surface area (Å²) in [5.41, 5.74) is 4.29. The molecule has 0 radical (unpaired) electrons. The Morgan fingerprint density at radius 1 is 1.08 bits per heavy atom. The second-order valence-corrected chi connectivity index (χ2v) is 11.9. The van der Waals surface area contributed by atoms with Gasteiger partial charge in [-0.3, -0.25) is 14.2 Å². The number of rotatable bonds is 5. The number of benzene rings is 2. The maximum Gasteiger partial charge on any atom is 0.338 e. The summed E-state index contributed by atoms with van der Waals surface area (Å²) in [6.45, 7) is 10.8. The van der Waals surface area contributed by atoms with Gasteiger partial charge in [-0.15, -0.1) is 0 Å². The van der Waals surface area contributed by atoms with Crippen molar-refractivity contribution in [2.45, 2.75) is 58.9 Å². The molecule has 39 heavy (non-hydrogen) atoms. The molecular weight excluding hydrogens is 510 g/mol. The molecule has 0 saturated carbocycles. The third-order valence-corrected chi connectivity index (χ3v) is 8.43.